The average Bonchev–Trinajstić information content (AvgIpc) is 2.77. The van der Waals surface area contributed by atoms with Gasteiger partial charge in [0.15, 0.2) is 0 Å². The fourth-order valence-corrected chi connectivity index (χ4v) is 3.38. The van der Waals surface area contributed by atoms with Gasteiger partial charge in [0.1, 0.15) is 12.4 Å². The summed E-state index contributed by atoms with van der Waals surface area (Å²) in [5.41, 5.74) is 3.63. The molecule has 0 unspecified atom stereocenters. The number of rotatable bonds is 5. The molecule has 0 radical (unpaired) electrons. The van der Waals surface area contributed by atoms with Crippen molar-refractivity contribution in [3.63, 3.8) is 0 Å². The van der Waals surface area contributed by atoms with Crippen LogP contribution in [0.25, 0.3) is 22.4 Å². The van der Waals surface area contributed by atoms with Crippen molar-refractivity contribution < 1.29 is 4.74 Å². The summed E-state index contributed by atoms with van der Waals surface area (Å²) in [6.45, 7) is 0.517. The van der Waals surface area contributed by atoms with Gasteiger partial charge in [-0.3, -0.25) is 0 Å². The molecule has 0 aliphatic rings. The smallest absolute Gasteiger partial charge is 0.119 e. The summed E-state index contributed by atoms with van der Waals surface area (Å²) >= 11 is 3.43. The molecule has 0 heterocycles. The molecule has 2 nitrogen and oxygen atoms in total. The van der Waals surface area contributed by atoms with Gasteiger partial charge in [-0.25, -0.2) is 0 Å². The Bertz CT molecular complexity index is 1200. The van der Waals surface area contributed by atoms with Gasteiger partial charge in [-0.05, 0) is 63.9 Å². The summed E-state index contributed by atoms with van der Waals surface area (Å²) in [4.78, 5) is 0. The average molecular weight is 440 g/mol. The first-order valence-electron chi connectivity index (χ1n) is 9.29. The lowest BCUT2D eigenvalue weighted by Gasteiger charge is -2.07. The van der Waals surface area contributed by atoms with E-state index in [0.717, 1.165) is 32.3 Å². The van der Waals surface area contributed by atoms with Crippen LogP contribution in [0.5, 0.6) is 5.75 Å². The van der Waals surface area contributed by atoms with Gasteiger partial charge < -0.3 is 4.74 Å². The number of nitriles is 1. The highest BCUT2D eigenvalue weighted by molar-refractivity contribution is 9.10. The third-order valence-corrected chi connectivity index (χ3v) is 5.22. The number of fused-ring (bicyclic) bond motifs is 1. The van der Waals surface area contributed by atoms with E-state index in [9.17, 15) is 5.26 Å². The summed E-state index contributed by atoms with van der Waals surface area (Å²) in [6, 6.07) is 32.4. The first-order valence-corrected chi connectivity index (χ1v) is 10.1. The highest BCUT2D eigenvalue weighted by atomic mass is 79.9. The predicted molar refractivity (Wildman–Crippen MR) is 122 cm³/mol. The lowest BCUT2D eigenvalue weighted by molar-refractivity contribution is 0.306. The number of ether oxygens (including phenoxy) is 1. The molecule has 0 spiro atoms. The molecular weight excluding hydrogens is 422 g/mol. The number of benzene rings is 4. The minimum Gasteiger partial charge on any atom is -0.489 e. The number of halogens is 1. The van der Waals surface area contributed by atoms with Crippen LogP contribution >= 0.6 is 15.9 Å². The maximum atomic E-state index is 9.65. The fourth-order valence-electron chi connectivity index (χ4n) is 3.11. The van der Waals surface area contributed by atoms with E-state index >= 15 is 0 Å². The van der Waals surface area contributed by atoms with Crippen molar-refractivity contribution in [2.75, 3.05) is 0 Å². The molecular formula is C26H18BrNO. The molecule has 4 aromatic carbocycles. The summed E-state index contributed by atoms with van der Waals surface area (Å²) in [5, 5.41) is 11.9. The molecule has 0 amide bonds. The van der Waals surface area contributed by atoms with Gasteiger partial charge in [0, 0.05) is 4.47 Å². The topological polar surface area (TPSA) is 33.0 Å². The van der Waals surface area contributed by atoms with Crippen molar-refractivity contribution in [1.82, 2.24) is 0 Å². The first-order chi connectivity index (χ1) is 14.2. The Balaban J connectivity index is 1.50. The fraction of sp³-hybridized carbons (Fsp3) is 0.0385. The summed E-state index contributed by atoms with van der Waals surface area (Å²) in [5.74, 6) is 0.800. The lowest BCUT2D eigenvalue weighted by atomic mass is 10.0. The Kier molecular flexibility index (Phi) is 5.74. The predicted octanol–water partition coefficient (Wildman–Crippen LogP) is 7.25. The van der Waals surface area contributed by atoms with Crippen molar-refractivity contribution in [2.24, 2.45) is 0 Å². The molecule has 0 N–H and O–H groups in total. The van der Waals surface area contributed by atoms with Crippen molar-refractivity contribution in [1.29, 1.82) is 5.26 Å². The van der Waals surface area contributed by atoms with Crippen LogP contribution in [0, 0.1) is 11.3 Å². The Hall–Kier alpha value is -3.35. The largest absolute Gasteiger partial charge is 0.489 e. The molecule has 140 valence electrons. The Labute approximate surface area is 178 Å². The van der Waals surface area contributed by atoms with Crippen LogP contribution in [-0.4, -0.2) is 0 Å². The van der Waals surface area contributed by atoms with Gasteiger partial charge >= 0.3 is 0 Å². The van der Waals surface area contributed by atoms with Gasteiger partial charge in [0.05, 0.1) is 11.6 Å². The van der Waals surface area contributed by atoms with E-state index in [4.69, 9.17) is 4.74 Å². The normalized spacial score (nSPS) is 11.2. The van der Waals surface area contributed by atoms with Crippen molar-refractivity contribution in [2.45, 2.75) is 6.61 Å². The Morgan fingerprint density at radius 1 is 0.862 bits per heavy atom. The second-order valence-corrected chi connectivity index (χ2v) is 7.63. The molecule has 29 heavy (non-hydrogen) atoms. The van der Waals surface area contributed by atoms with Gasteiger partial charge in [0.25, 0.3) is 0 Å². The molecule has 0 atom stereocenters. The second kappa shape index (κ2) is 8.77. The molecule has 4 rings (SSSR count). The van der Waals surface area contributed by atoms with E-state index < -0.39 is 0 Å². The standard InChI is InChI=1S/C26H18BrNO/c27-25-11-5-20(6-12-25)18-29-26-13-7-19(8-14-26)15-24(17-28)23-10-9-21-3-1-2-4-22(21)16-23/h1-16H,18H2/b24-15-. The van der Waals surface area contributed by atoms with Gasteiger partial charge in [0.2, 0.25) is 0 Å². The molecule has 0 fully saturated rings. The maximum Gasteiger partial charge on any atom is 0.119 e. The third kappa shape index (κ3) is 4.74. The zero-order valence-electron chi connectivity index (χ0n) is 15.7. The molecule has 0 aromatic heterocycles. The summed E-state index contributed by atoms with van der Waals surface area (Å²) < 4.78 is 6.90. The van der Waals surface area contributed by atoms with Crippen LogP contribution in [0.1, 0.15) is 16.7 Å². The second-order valence-electron chi connectivity index (χ2n) is 6.72. The third-order valence-electron chi connectivity index (χ3n) is 4.69. The maximum absolute atomic E-state index is 9.65. The van der Waals surface area contributed by atoms with Crippen LogP contribution in [0.4, 0.5) is 0 Å². The van der Waals surface area contributed by atoms with E-state index in [-0.39, 0.29) is 0 Å². The van der Waals surface area contributed by atoms with E-state index in [2.05, 4.69) is 46.3 Å². The highest BCUT2D eigenvalue weighted by Gasteiger charge is 2.03. The molecule has 0 aliphatic carbocycles. The summed E-state index contributed by atoms with van der Waals surface area (Å²) in [7, 11) is 0. The van der Waals surface area contributed by atoms with E-state index in [1.165, 1.54) is 5.39 Å². The van der Waals surface area contributed by atoms with Crippen LogP contribution < -0.4 is 4.74 Å². The summed E-state index contributed by atoms with van der Waals surface area (Å²) in [6.07, 6.45) is 1.91. The van der Waals surface area contributed by atoms with Crippen LogP contribution in [0.2, 0.25) is 0 Å². The number of allylic oxidation sites excluding steroid dienone is 1. The SMILES string of the molecule is N#C/C(=C/c1ccc(OCc2ccc(Br)cc2)cc1)c1ccc2ccccc2c1. The van der Waals surface area contributed by atoms with E-state index in [1.54, 1.807) is 0 Å². The molecule has 0 aliphatic heterocycles. The van der Waals surface area contributed by atoms with Crippen LogP contribution in [-0.2, 0) is 6.61 Å². The Morgan fingerprint density at radius 3 is 2.31 bits per heavy atom. The van der Waals surface area contributed by atoms with Crippen molar-refractivity contribution in [3.05, 3.63) is 112 Å². The molecule has 4 aromatic rings. The monoisotopic (exact) mass is 439 g/mol. The zero-order valence-corrected chi connectivity index (χ0v) is 17.3. The van der Waals surface area contributed by atoms with E-state index in [1.807, 2.05) is 72.8 Å². The quantitative estimate of drug-likeness (QED) is 0.242. The molecule has 0 saturated carbocycles. The number of nitrogens with zero attached hydrogens (tertiary/aromatic N) is 1. The zero-order chi connectivity index (χ0) is 20.1. The van der Waals surface area contributed by atoms with Gasteiger partial charge in [-0.1, -0.05) is 76.6 Å². The van der Waals surface area contributed by atoms with Crippen molar-refractivity contribution >= 4 is 38.4 Å². The highest BCUT2D eigenvalue weighted by Crippen LogP contribution is 2.24. The molecule has 3 heteroatoms. The van der Waals surface area contributed by atoms with Crippen molar-refractivity contribution in [3.8, 4) is 11.8 Å². The molecule has 0 bridgehead atoms. The van der Waals surface area contributed by atoms with Gasteiger partial charge in [-0.15, -0.1) is 0 Å². The Morgan fingerprint density at radius 2 is 1.59 bits per heavy atom. The van der Waals surface area contributed by atoms with Crippen LogP contribution in [0.3, 0.4) is 0 Å². The minimum absolute atomic E-state index is 0.517. The number of hydrogen-bond acceptors (Lipinski definition) is 2. The minimum atomic E-state index is 0.517. The number of hydrogen-bond donors (Lipinski definition) is 0. The van der Waals surface area contributed by atoms with Gasteiger partial charge in [-0.2, -0.15) is 5.26 Å². The van der Waals surface area contributed by atoms with E-state index in [0.29, 0.717) is 12.2 Å². The lowest BCUT2D eigenvalue weighted by Crippen LogP contribution is -1.94. The molecule has 0 saturated heterocycles. The van der Waals surface area contributed by atoms with Crippen LogP contribution in [0.15, 0.2) is 95.5 Å². The first kappa shape index (κ1) is 19.0.